The molecule has 96 valence electrons. The fourth-order valence-corrected chi connectivity index (χ4v) is 1.42. The molecule has 0 saturated carbocycles. The van der Waals surface area contributed by atoms with Gasteiger partial charge in [-0.1, -0.05) is 34.3 Å². The van der Waals surface area contributed by atoms with Crippen molar-refractivity contribution in [1.82, 2.24) is 10.6 Å². The molecule has 0 aliphatic carbocycles. The summed E-state index contributed by atoms with van der Waals surface area (Å²) in [5, 5.41) is 6.84. The Morgan fingerprint density at radius 1 is 1.00 bits per heavy atom. The average Bonchev–Trinajstić information content (AvgIpc) is 2.19. The van der Waals surface area contributed by atoms with Gasteiger partial charge in [0.25, 0.3) is 0 Å². The van der Waals surface area contributed by atoms with Crippen molar-refractivity contribution in [1.29, 1.82) is 0 Å². The van der Waals surface area contributed by atoms with Gasteiger partial charge in [-0.3, -0.25) is 0 Å². The lowest BCUT2D eigenvalue weighted by molar-refractivity contribution is 0.529. The summed E-state index contributed by atoms with van der Waals surface area (Å²) in [5.74, 6) is 1.45. The molecule has 2 N–H and O–H groups in total. The standard InChI is InChI=1S/C14H30N2/c1-12(2)10-15-9-7-6-8-14(5)16-11-13(3)4/h12-13,15-16H,5-11H2,1-4H3. The Morgan fingerprint density at radius 3 is 2.19 bits per heavy atom. The largest absolute Gasteiger partial charge is 0.389 e. The first-order chi connectivity index (χ1) is 7.52. The Labute approximate surface area is 102 Å². The zero-order valence-electron chi connectivity index (χ0n) is 11.6. The number of allylic oxidation sites excluding steroid dienone is 1. The van der Waals surface area contributed by atoms with Gasteiger partial charge in [0.1, 0.15) is 0 Å². The minimum atomic E-state index is 0.699. The van der Waals surface area contributed by atoms with Crippen LogP contribution in [0.25, 0.3) is 0 Å². The van der Waals surface area contributed by atoms with Crippen LogP contribution in [0.4, 0.5) is 0 Å². The Morgan fingerprint density at radius 2 is 1.62 bits per heavy atom. The molecular weight excluding hydrogens is 196 g/mol. The zero-order chi connectivity index (χ0) is 12.4. The van der Waals surface area contributed by atoms with Gasteiger partial charge in [-0.15, -0.1) is 0 Å². The maximum Gasteiger partial charge on any atom is 0.0166 e. The van der Waals surface area contributed by atoms with Crippen molar-refractivity contribution in [3.05, 3.63) is 12.3 Å². The number of rotatable bonds is 10. The quantitative estimate of drug-likeness (QED) is 0.559. The summed E-state index contributed by atoms with van der Waals surface area (Å²) >= 11 is 0. The average molecular weight is 226 g/mol. The molecule has 0 saturated heterocycles. The van der Waals surface area contributed by atoms with Crippen LogP contribution < -0.4 is 10.6 Å². The lowest BCUT2D eigenvalue weighted by Gasteiger charge is -2.12. The maximum atomic E-state index is 4.04. The lowest BCUT2D eigenvalue weighted by Crippen LogP contribution is -2.21. The second kappa shape index (κ2) is 9.71. The zero-order valence-corrected chi connectivity index (χ0v) is 11.6. The summed E-state index contributed by atoms with van der Waals surface area (Å²) in [6.07, 6.45) is 3.58. The van der Waals surface area contributed by atoms with E-state index >= 15 is 0 Å². The van der Waals surface area contributed by atoms with Crippen LogP contribution in [0.5, 0.6) is 0 Å². The van der Waals surface area contributed by atoms with E-state index in [9.17, 15) is 0 Å². The van der Waals surface area contributed by atoms with Crippen molar-refractivity contribution in [2.75, 3.05) is 19.6 Å². The van der Waals surface area contributed by atoms with Crippen LogP contribution in [-0.2, 0) is 0 Å². The summed E-state index contributed by atoms with van der Waals surface area (Å²) < 4.78 is 0. The Bertz CT molecular complexity index is 174. The first-order valence-corrected chi connectivity index (χ1v) is 6.64. The van der Waals surface area contributed by atoms with E-state index in [1.807, 2.05) is 0 Å². The van der Waals surface area contributed by atoms with Gasteiger partial charge in [0, 0.05) is 12.2 Å². The molecule has 0 rings (SSSR count). The van der Waals surface area contributed by atoms with Gasteiger partial charge in [-0.2, -0.15) is 0 Å². The van der Waals surface area contributed by atoms with Crippen molar-refractivity contribution < 1.29 is 0 Å². The van der Waals surface area contributed by atoms with Crippen LogP contribution in [0.15, 0.2) is 12.3 Å². The van der Waals surface area contributed by atoms with Crippen molar-refractivity contribution in [3.63, 3.8) is 0 Å². The number of hydrogen-bond donors (Lipinski definition) is 2. The molecule has 0 aliphatic heterocycles. The van der Waals surface area contributed by atoms with E-state index < -0.39 is 0 Å². The van der Waals surface area contributed by atoms with Crippen LogP contribution in [0.1, 0.15) is 47.0 Å². The molecule has 0 spiro atoms. The summed E-state index contributed by atoms with van der Waals surface area (Å²) in [6, 6.07) is 0. The van der Waals surface area contributed by atoms with Gasteiger partial charge in [0.05, 0.1) is 0 Å². The Hall–Kier alpha value is -0.500. The predicted octanol–water partition coefficient (Wildman–Crippen LogP) is 3.16. The summed E-state index contributed by atoms with van der Waals surface area (Å²) in [7, 11) is 0. The third-order valence-electron chi connectivity index (χ3n) is 2.40. The Balaban J connectivity index is 3.21. The molecule has 0 aliphatic rings. The van der Waals surface area contributed by atoms with Gasteiger partial charge in [0.2, 0.25) is 0 Å². The molecule has 0 aromatic heterocycles. The van der Waals surface area contributed by atoms with Crippen LogP contribution in [-0.4, -0.2) is 19.6 Å². The topological polar surface area (TPSA) is 24.1 Å². The van der Waals surface area contributed by atoms with E-state index in [4.69, 9.17) is 0 Å². The molecule has 0 unspecified atom stereocenters. The second-order valence-electron chi connectivity index (χ2n) is 5.43. The molecule has 2 nitrogen and oxygen atoms in total. The normalized spacial score (nSPS) is 11.1. The molecule has 0 radical (unpaired) electrons. The third-order valence-corrected chi connectivity index (χ3v) is 2.40. The monoisotopic (exact) mass is 226 g/mol. The molecule has 16 heavy (non-hydrogen) atoms. The minimum Gasteiger partial charge on any atom is -0.389 e. The third kappa shape index (κ3) is 11.6. The lowest BCUT2D eigenvalue weighted by atomic mass is 10.1. The molecule has 0 aromatic rings. The van der Waals surface area contributed by atoms with Crippen molar-refractivity contribution >= 4 is 0 Å². The summed E-state index contributed by atoms with van der Waals surface area (Å²) in [6.45, 7) is 16.3. The molecule has 0 bridgehead atoms. The SMILES string of the molecule is C=C(CCCCNCC(C)C)NCC(C)C. The van der Waals surface area contributed by atoms with Gasteiger partial charge < -0.3 is 10.6 Å². The van der Waals surface area contributed by atoms with Crippen LogP contribution in [0, 0.1) is 11.8 Å². The molecule has 0 fully saturated rings. The maximum absolute atomic E-state index is 4.04. The van der Waals surface area contributed by atoms with Crippen molar-refractivity contribution in [2.45, 2.75) is 47.0 Å². The van der Waals surface area contributed by atoms with Crippen LogP contribution >= 0.6 is 0 Å². The number of unbranched alkanes of at least 4 members (excludes halogenated alkanes) is 1. The highest BCUT2D eigenvalue weighted by molar-refractivity contribution is 4.90. The van der Waals surface area contributed by atoms with Gasteiger partial charge >= 0.3 is 0 Å². The second-order valence-corrected chi connectivity index (χ2v) is 5.43. The van der Waals surface area contributed by atoms with Crippen LogP contribution in [0.3, 0.4) is 0 Å². The first kappa shape index (κ1) is 15.5. The van der Waals surface area contributed by atoms with E-state index in [2.05, 4.69) is 44.9 Å². The molecule has 2 heteroatoms. The minimum absolute atomic E-state index is 0.699. The fourth-order valence-electron chi connectivity index (χ4n) is 1.42. The first-order valence-electron chi connectivity index (χ1n) is 6.64. The van der Waals surface area contributed by atoms with Gasteiger partial charge in [-0.25, -0.2) is 0 Å². The van der Waals surface area contributed by atoms with E-state index in [1.54, 1.807) is 0 Å². The predicted molar refractivity (Wildman–Crippen MR) is 73.5 cm³/mol. The van der Waals surface area contributed by atoms with Crippen molar-refractivity contribution in [2.24, 2.45) is 11.8 Å². The van der Waals surface area contributed by atoms with Gasteiger partial charge in [-0.05, 0) is 44.2 Å². The van der Waals surface area contributed by atoms with E-state index in [1.165, 1.54) is 18.5 Å². The number of hydrogen-bond acceptors (Lipinski definition) is 2. The highest BCUT2D eigenvalue weighted by atomic mass is 14.9. The van der Waals surface area contributed by atoms with E-state index in [0.717, 1.165) is 32.0 Å². The molecule has 0 atom stereocenters. The Kier molecular flexibility index (Phi) is 9.40. The molecule has 0 aromatic carbocycles. The molecule has 0 amide bonds. The molecular formula is C14H30N2. The van der Waals surface area contributed by atoms with Crippen molar-refractivity contribution in [3.8, 4) is 0 Å². The highest BCUT2D eigenvalue weighted by Crippen LogP contribution is 2.02. The highest BCUT2D eigenvalue weighted by Gasteiger charge is 1.97. The number of nitrogens with one attached hydrogen (secondary N) is 2. The molecule has 0 heterocycles. The van der Waals surface area contributed by atoms with E-state index in [-0.39, 0.29) is 0 Å². The van der Waals surface area contributed by atoms with Gasteiger partial charge in [0.15, 0.2) is 0 Å². The smallest absolute Gasteiger partial charge is 0.0166 e. The van der Waals surface area contributed by atoms with E-state index in [0.29, 0.717) is 5.92 Å². The van der Waals surface area contributed by atoms with Crippen LogP contribution in [0.2, 0.25) is 0 Å². The fraction of sp³-hybridized carbons (Fsp3) is 0.857. The summed E-state index contributed by atoms with van der Waals surface area (Å²) in [5.41, 5.74) is 1.19. The summed E-state index contributed by atoms with van der Waals surface area (Å²) in [4.78, 5) is 0.